The summed E-state index contributed by atoms with van der Waals surface area (Å²) in [5.74, 6) is -9.78. The van der Waals surface area contributed by atoms with Crippen LogP contribution in [0, 0.1) is 34.9 Å². The lowest BCUT2D eigenvalue weighted by Crippen LogP contribution is -2.23. The molecule has 0 spiro atoms. The van der Waals surface area contributed by atoms with Crippen molar-refractivity contribution in [3.05, 3.63) is 94.8 Å². The molecule has 4 rings (SSSR count). The van der Waals surface area contributed by atoms with E-state index >= 15 is 0 Å². The zero-order chi connectivity index (χ0) is 25.5. The number of aromatic nitrogens is 1. The number of rotatable bonds is 6. The minimum absolute atomic E-state index is 0.0220. The number of hydrogen-bond acceptors (Lipinski definition) is 2. The Labute approximate surface area is 193 Å². The van der Waals surface area contributed by atoms with Crippen LogP contribution in [0.3, 0.4) is 0 Å². The fourth-order valence-corrected chi connectivity index (χ4v) is 3.62. The highest BCUT2D eigenvalue weighted by Gasteiger charge is 2.37. The second-order valence-corrected chi connectivity index (χ2v) is 7.69. The number of ether oxygens (including phenoxy) is 1. The summed E-state index contributed by atoms with van der Waals surface area (Å²) >= 11 is 0. The van der Waals surface area contributed by atoms with E-state index in [2.05, 4.69) is 9.72 Å². The van der Waals surface area contributed by atoms with E-state index in [1.165, 1.54) is 12.1 Å². The molecule has 0 amide bonds. The third kappa shape index (κ3) is 4.52. The van der Waals surface area contributed by atoms with Crippen molar-refractivity contribution < 1.29 is 39.9 Å². The SMILES string of the molecule is CCCc1ccc(-c2ccc(C(F)(F)Oc3cc(F)c4c(F)c(F)c(F)cc4c3)nc2)c(F)c1F. The molecule has 0 fully saturated rings. The minimum atomic E-state index is -4.15. The molecule has 182 valence electrons. The number of pyridine rings is 1. The van der Waals surface area contributed by atoms with Gasteiger partial charge in [0.05, 0.1) is 5.39 Å². The number of hydrogen-bond donors (Lipinski definition) is 0. The monoisotopic (exact) mass is 497 g/mol. The normalized spacial score (nSPS) is 11.8. The van der Waals surface area contributed by atoms with Gasteiger partial charge in [-0.3, -0.25) is 4.98 Å². The number of halogens is 8. The zero-order valence-electron chi connectivity index (χ0n) is 17.9. The van der Waals surface area contributed by atoms with E-state index in [-0.39, 0.29) is 16.7 Å². The van der Waals surface area contributed by atoms with Crippen molar-refractivity contribution in [3.8, 4) is 16.9 Å². The highest BCUT2D eigenvalue weighted by atomic mass is 19.3. The predicted octanol–water partition coefficient (Wildman–Crippen LogP) is 7.82. The van der Waals surface area contributed by atoms with Gasteiger partial charge in [0.25, 0.3) is 0 Å². The summed E-state index contributed by atoms with van der Waals surface area (Å²) in [6.07, 6.45) is -2.33. The van der Waals surface area contributed by atoms with Crippen molar-refractivity contribution >= 4 is 10.8 Å². The van der Waals surface area contributed by atoms with Crippen molar-refractivity contribution in [3.63, 3.8) is 0 Å². The van der Waals surface area contributed by atoms with Gasteiger partial charge in [0.1, 0.15) is 11.6 Å². The first-order chi connectivity index (χ1) is 16.5. The van der Waals surface area contributed by atoms with Crippen LogP contribution in [0.2, 0.25) is 0 Å². The van der Waals surface area contributed by atoms with E-state index in [4.69, 9.17) is 0 Å². The van der Waals surface area contributed by atoms with Gasteiger partial charge < -0.3 is 4.74 Å². The molecule has 0 radical (unpaired) electrons. The van der Waals surface area contributed by atoms with Crippen LogP contribution < -0.4 is 4.74 Å². The summed E-state index contributed by atoms with van der Waals surface area (Å²) < 4.78 is 117. The number of nitrogens with zero attached hydrogens (tertiary/aromatic N) is 1. The van der Waals surface area contributed by atoms with Crippen LogP contribution in [0.4, 0.5) is 35.1 Å². The van der Waals surface area contributed by atoms with Gasteiger partial charge in [0, 0.05) is 23.4 Å². The van der Waals surface area contributed by atoms with E-state index in [1.807, 2.05) is 0 Å². The highest BCUT2D eigenvalue weighted by Crippen LogP contribution is 2.35. The maximum Gasteiger partial charge on any atom is 0.444 e. The van der Waals surface area contributed by atoms with Crippen molar-refractivity contribution in [1.29, 1.82) is 0 Å². The molecule has 3 aromatic carbocycles. The van der Waals surface area contributed by atoms with Crippen LogP contribution in [0.25, 0.3) is 21.9 Å². The second-order valence-electron chi connectivity index (χ2n) is 7.69. The largest absolute Gasteiger partial charge is 0.444 e. The molecule has 2 nitrogen and oxygen atoms in total. The minimum Gasteiger partial charge on any atom is -0.428 e. The molecule has 0 saturated carbocycles. The molecule has 1 heterocycles. The zero-order valence-corrected chi connectivity index (χ0v) is 17.9. The third-order valence-corrected chi connectivity index (χ3v) is 5.30. The maximum absolute atomic E-state index is 14.7. The summed E-state index contributed by atoms with van der Waals surface area (Å²) in [6, 6.07) is 6.13. The lowest BCUT2D eigenvalue weighted by Gasteiger charge is -2.18. The summed E-state index contributed by atoms with van der Waals surface area (Å²) in [5.41, 5.74) is -0.933. The molecule has 35 heavy (non-hydrogen) atoms. The average Bonchev–Trinajstić information content (AvgIpc) is 2.80. The summed E-state index contributed by atoms with van der Waals surface area (Å²) in [5, 5.41) is -1.47. The Morgan fingerprint density at radius 1 is 0.800 bits per heavy atom. The van der Waals surface area contributed by atoms with Crippen LogP contribution in [-0.2, 0) is 12.5 Å². The molecule has 0 aliphatic carbocycles. The van der Waals surface area contributed by atoms with Crippen LogP contribution in [0.1, 0.15) is 24.6 Å². The topological polar surface area (TPSA) is 22.1 Å². The second kappa shape index (κ2) is 9.16. The lowest BCUT2D eigenvalue weighted by molar-refractivity contribution is -0.188. The number of benzene rings is 3. The van der Waals surface area contributed by atoms with E-state index in [9.17, 15) is 35.1 Å². The van der Waals surface area contributed by atoms with Crippen LogP contribution in [0.15, 0.2) is 48.7 Å². The van der Waals surface area contributed by atoms with Crippen LogP contribution in [-0.4, -0.2) is 4.98 Å². The highest BCUT2D eigenvalue weighted by molar-refractivity contribution is 5.85. The van der Waals surface area contributed by atoms with Crippen molar-refractivity contribution in [2.75, 3.05) is 0 Å². The molecule has 0 saturated heterocycles. The number of alkyl halides is 2. The third-order valence-electron chi connectivity index (χ3n) is 5.30. The molecule has 0 unspecified atom stereocenters. The molecular weight excluding hydrogens is 482 g/mol. The average molecular weight is 497 g/mol. The summed E-state index contributed by atoms with van der Waals surface area (Å²) in [6.45, 7) is 1.80. The molecular formula is C25H15F8NO. The lowest BCUT2D eigenvalue weighted by atomic mass is 10.0. The van der Waals surface area contributed by atoms with Gasteiger partial charge in [0.2, 0.25) is 0 Å². The Bertz CT molecular complexity index is 1420. The van der Waals surface area contributed by atoms with E-state index < -0.39 is 63.2 Å². The molecule has 0 atom stereocenters. The van der Waals surface area contributed by atoms with E-state index in [0.29, 0.717) is 31.0 Å². The van der Waals surface area contributed by atoms with Gasteiger partial charge in [-0.2, -0.15) is 8.78 Å². The smallest absolute Gasteiger partial charge is 0.428 e. The Morgan fingerprint density at radius 3 is 2.20 bits per heavy atom. The van der Waals surface area contributed by atoms with Gasteiger partial charge in [0.15, 0.2) is 34.8 Å². The fraction of sp³-hybridized carbons (Fsp3) is 0.160. The van der Waals surface area contributed by atoms with Gasteiger partial charge >= 0.3 is 6.11 Å². The first kappa shape index (κ1) is 24.4. The van der Waals surface area contributed by atoms with Gasteiger partial charge in [-0.05, 0) is 35.6 Å². The predicted molar refractivity (Wildman–Crippen MR) is 112 cm³/mol. The summed E-state index contributed by atoms with van der Waals surface area (Å²) in [7, 11) is 0. The Hall–Kier alpha value is -3.69. The quantitative estimate of drug-likeness (QED) is 0.200. The number of fused-ring (bicyclic) bond motifs is 1. The first-order valence-corrected chi connectivity index (χ1v) is 10.3. The van der Waals surface area contributed by atoms with Crippen molar-refractivity contribution in [1.82, 2.24) is 4.98 Å². The maximum atomic E-state index is 14.7. The Kier molecular flexibility index (Phi) is 6.40. The fourth-order valence-electron chi connectivity index (χ4n) is 3.62. The van der Waals surface area contributed by atoms with E-state index in [0.717, 1.165) is 18.3 Å². The summed E-state index contributed by atoms with van der Waals surface area (Å²) in [4.78, 5) is 3.55. The van der Waals surface area contributed by atoms with Crippen molar-refractivity contribution in [2.24, 2.45) is 0 Å². The molecule has 4 aromatic rings. The molecule has 0 aliphatic rings. The van der Waals surface area contributed by atoms with Gasteiger partial charge in [-0.25, -0.2) is 26.3 Å². The molecule has 0 bridgehead atoms. The standard InChI is InChI=1S/C25H15F8NO/c1-2-3-12-4-6-16(22(29)21(12)28)13-5-7-19(34-11-13)25(32,33)35-15-8-14-9-18(27)23(30)24(31)20(14)17(26)10-15/h4-11H,2-3H2,1H3. The van der Waals surface area contributed by atoms with Crippen molar-refractivity contribution in [2.45, 2.75) is 25.9 Å². The number of aryl methyl sites for hydroxylation is 1. The molecule has 0 N–H and O–H groups in total. The van der Waals surface area contributed by atoms with Crippen LogP contribution >= 0.6 is 0 Å². The Morgan fingerprint density at radius 2 is 1.54 bits per heavy atom. The van der Waals surface area contributed by atoms with Crippen LogP contribution in [0.5, 0.6) is 5.75 Å². The molecule has 1 aromatic heterocycles. The van der Waals surface area contributed by atoms with E-state index in [1.54, 1.807) is 6.92 Å². The molecule has 10 heteroatoms. The van der Waals surface area contributed by atoms with Gasteiger partial charge in [-0.1, -0.05) is 31.5 Å². The molecule has 0 aliphatic heterocycles. The first-order valence-electron chi connectivity index (χ1n) is 10.3. The van der Waals surface area contributed by atoms with Gasteiger partial charge in [-0.15, -0.1) is 0 Å². The Balaban J connectivity index is 1.63.